The maximum absolute atomic E-state index is 12.3. The lowest BCUT2D eigenvalue weighted by Gasteiger charge is -2.34. The predicted octanol–water partition coefficient (Wildman–Crippen LogP) is 2.79. The molecule has 25 heavy (non-hydrogen) atoms. The number of piperazine rings is 1. The second-order valence-corrected chi connectivity index (χ2v) is 7.80. The Morgan fingerprint density at radius 2 is 1.80 bits per heavy atom. The van der Waals surface area contributed by atoms with Crippen molar-refractivity contribution in [2.45, 2.75) is 27.3 Å². The van der Waals surface area contributed by atoms with Gasteiger partial charge in [0, 0.05) is 31.1 Å². The molecule has 0 aliphatic carbocycles. The first-order valence-corrected chi connectivity index (χ1v) is 9.45. The predicted molar refractivity (Wildman–Crippen MR) is 100 cm³/mol. The third-order valence-corrected chi connectivity index (χ3v) is 5.60. The number of amides is 1. The van der Waals surface area contributed by atoms with Gasteiger partial charge in [0.15, 0.2) is 6.61 Å². The molecule has 3 rings (SSSR count). The topological polar surface area (TPSA) is 45.7 Å². The molecule has 0 N–H and O–H groups in total. The van der Waals surface area contributed by atoms with Crippen LogP contribution in [0.2, 0.25) is 0 Å². The van der Waals surface area contributed by atoms with Crippen molar-refractivity contribution in [2.75, 3.05) is 32.8 Å². The van der Waals surface area contributed by atoms with Gasteiger partial charge in [-0.1, -0.05) is 17.7 Å². The van der Waals surface area contributed by atoms with Crippen LogP contribution in [0, 0.1) is 20.8 Å². The van der Waals surface area contributed by atoms with E-state index in [1.807, 2.05) is 36.1 Å². The molecule has 0 saturated carbocycles. The van der Waals surface area contributed by atoms with E-state index in [1.165, 1.54) is 10.4 Å². The maximum Gasteiger partial charge on any atom is 0.260 e. The molecule has 2 aromatic rings. The quantitative estimate of drug-likeness (QED) is 0.824. The normalized spacial score (nSPS) is 15.4. The van der Waals surface area contributed by atoms with Crippen molar-refractivity contribution < 1.29 is 9.53 Å². The minimum Gasteiger partial charge on any atom is -0.484 e. The summed E-state index contributed by atoms with van der Waals surface area (Å²) in [4.78, 5) is 22.5. The Balaban J connectivity index is 1.43. The van der Waals surface area contributed by atoms with E-state index in [0.717, 1.165) is 49.2 Å². The second-order valence-electron chi connectivity index (χ2n) is 6.51. The zero-order valence-electron chi connectivity index (χ0n) is 15.1. The van der Waals surface area contributed by atoms with Gasteiger partial charge in [-0.3, -0.25) is 9.69 Å². The van der Waals surface area contributed by atoms with E-state index < -0.39 is 0 Å². The van der Waals surface area contributed by atoms with Crippen LogP contribution in [-0.4, -0.2) is 53.5 Å². The molecule has 1 fully saturated rings. The van der Waals surface area contributed by atoms with Gasteiger partial charge in [-0.15, -0.1) is 11.3 Å². The number of benzene rings is 1. The number of rotatable bonds is 5. The average molecular weight is 359 g/mol. The first kappa shape index (κ1) is 17.9. The number of ether oxygens (including phenoxy) is 1. The van der Waals surface area contributed by atoms with E-state index in [2.05, 4.69) is 23.7 Å². The van der Waals surface area contributed by atoms with Crippen molar-refractivity contribution >= 4 is 17.2 Å². The summed E-state index contributed by atoms with van der Waals surface area (Å²) in [5.41, 5.74) is 2.31. The van der Waals surface area contributed by atoms with Gasteiger partial charge >= 0.3 is 0 Å². The van der Waals surface area contributed by atoms with Gasteiger partial charge in [0.2, 0.25) is 0 Å². The fourth-order valence-corrected chi connectivity index (χ4v) is 3.80. The first-order chi connectivity index (χ1) is 12.0. The molecule has 2 heterocycles. The molecule has 5 nitrogen and oxygen atoms in total. The van der Waals surface area contributed by atoms with Crippen LogP contribution in [-0.2, 0) is 11.3 Å². The molecule has 0 radical (unpaired) electrons. The number of aromatic nitrogens is 1. The average Bonchev–Trinajstić information content (AvgIpc) is 2.92. The molecule has 0 spiro atoms. The van der Waals surface area contributed by atoms with Crippen molar-refractivity contribution in [2.24, 2.45) is 0 Å². The Bertz CT molecular complexity index is 699. The number of carbonyl (C=O) groups excluding carboxylic acids is 1. The molecule has 0 atom stereocenters. The van der Waals surface area contributed by atoms with Gasteiger partial charge < -0.3 is 9.64 Å². The largest absolute Gasteiger partial charge is 0.484 e. The monoisotopic (exact) mass is 359 g/mol. The van der Waals surface area contributed by atoms with Gasteiger partial charge in [-0.05, 0) is 32.9 Å². The highest BCUT2D eigenvalue weighted by Gasteiger charge is 2.22. The van der Waals surface area contributed by atoms with Crippen LogP contribution in [0.3, 0.4) is 0 Å². The minimum atomic E-state index is 0.0566. The molecule has 1 aliphatic heterocycles. The van der Waals surface area contributed by atoms with Crippen LogP contribution in [0.4, 0.5) is 0 Å². The molecule has 1 aliphatic rings. The summed E-state index contributed by atoms with van der Waals surface area (Å²) in [6.45, 7) is 10.4. The Kier molecular flexibility index (Phi) is 5.71. The zero-order valence-corrected chi connectivity index (χ0v) is 15.9. The van der Waals surface area contributed by atoms with E-state index in [0.29, 0.717) is 0 Å². The van der Waals surface area contributed by atoms with Crippen LogP contribution in [0.5, 0.6) is 5.75 Å². The fraction of sp³-hybridized carbons (Fsp3) is 0.474. The standard InChI is InChI=1S/C19H25N3O2S/c1-14-4-6-17(7-5-14)24-13-19(23)22-10-8-21(9-11-22)12-18-20-15(2)16(3)25-18/h4-7H,8-13H2,1-3H3. The smallest absolute Gasteiger partial charge is 0.260 e. The summed E-state index contributed by atoms with van der Waals surface area (Å²) in [5, 5.41) is 1.16. The van der Waals surface area contributed by atoms with Crippen molar-refractivity contribution in [3.63, 3.8) is 0 Å². The van der Waals surface area contributed by atoms with E-state index in [1.54, 1.807) is 11.3 Å². The van der Waals surface area contributed by atoms with Crippen molar-refractivity contribution in [1.29, 1.82) is 0 Å². The number of hydrogen-bond acceptors (Lipinski definition) is 5. The molecule has 1 aromatic heterocycles. The highest BCUT2D eigenvalue weighted by molar-refractivity contribution is 7.11. The lowest BCUT2D eigenvalue weighted by Crippen LogP contribution is -2.49. The number of carbonyl (C=O) groups is 1. The maximum atomic E-state index is 12.3. The molecular weight excluding hydrogens is 334 g/mol. The Morgan fingerprint density at radius 1 is 1.12 bits per heavy atom. The third-order valence-electron chi connectivity index (χ3n) is 4.54. The van der Waals surface area contributed by atoms with E-state index in [9.17, 15) is 4.79 Å². The van der Waals surface area contributed by atoms with Gasteiger partial charge in [0.25, 0.3) is 5.91 Å². The minimum absolute atomic E-state index is 0.0566. The van der Waals surface area contributed by atoms with Crippen molar-refractivity contribution in [1.82, 2.24) is 14.8 Å². The summed E-state index contributed by atoms with van der Waals surface area (Å²) in [5.74, 6) is 0.799. The molecule has 0 unspecified atom stereocenters. The van der Waals surface area contributed by atoms with Crippen LogP contribution in [0.15, 0.2) is 24.3 Å². The number of aryl methyl sites for hydroxylation is 3. The zero-order chi connectivity index (χ0) is 17.8. The van der Waals surface area contributed by atoms with Crippen LogP contribution >= 0.6 is 11.3 Å². The molecule has 134 valence electrons. The SMILES string of the molecule is Cc1ccc(OCC(=O)N2CCN(Cc3nc(C)c(C)s3)CC2)cc1. The highest BCUT2D eigenvalue weighted by Crippen LogP contribution is 2.19. The summed E-state index contributed by atoms with van der Waals surface area (Å²) in [6.07, 6.45) is 0. The third kappa shape index (κ3) is 4.80. The van der Waals surface area contributed by atoms with Crippen LogP contribution in [0.1, 0.15) is 21.1 Å². The molecule has 0 bridgehead atoms. The number of hydrogen-bond donors (Lipinski definition) is 0. The van der Waals surface area contributed by atoms with Gasteiger partial charge in [0.05, 0.1) is 12.2 Å². The number of nitrogens with zero attached hydrogens (tertiary/aromatic N) is 3. The van der Waals surface area contributed by atoms with E-state index in [4.69, 9.17) is 4.74 Å². The summed E-state index contributed by atoms with van der Waals surface area (Å²) in [7, 11) is 0. The second kappa shape index (κ2) is 7.97. The number of thiazole rings is 1. The van der Waals surface area contributed by atoms with E-state index in [-0.39, 0.29) is 12.5 Å². The summed E-state index contributed by atoms with van der Waals surface area (Å²) >= 11 is 1.77. The van der Waals surface area contributed by atoms with Gasteiger partial charge in [0.1, 0.15) is 10.8 Å². The first-order valence-electron chi connectivity index (χ1n) is 8.64. The highest BCUT2D eigenvalue weighted by atomic mass is 32.1. The lowest BCUT2D eigenvalue weighted by molar-refractivity contribution is -0.135. The molecular formula is C19H25N3O2S. The van der Waals surface area contributed by atoms with Gasteiger partial charge in [-0.25, -0.2) is 4.98 Å². The molecule has 1 aromatic carbocycles. The van der Waals surface area contributed by atoms with Gasteiger partial charge in [-0.2, -0.15) is 0 Å². The Morgan fingerprint density at radius 3 is 2.40 bits per heavy atom. The summed E-state index contributed by atoms with van der Waals surface area (Å²) < 4.78 is 5.60. The van der Waals surface area contributed by atoms with Crippen molar-refractivity contribution in [3.8, 4) is 5.75 Å². The van der Waals surface area contributed by atoms with Crippen molar-refractivity contribution in [3.05, 3.63) is 45.4 Å². The Hall–Kier alpha value is -1.92. The fourth-order valence-electron chi connectivity index (χ4n) is 2.82. The molecule has 1 amide bonds. The van der Waals surface area contributed by atoms with Crippen LogP contribution < -0.4 is 4.74 Å². The van der Waals surface area contributed by atoms with E-state index >= 15 is 0 Å². The molecule has 6 heteroatoms. The lowest BCUT2D eigenvalue weighted by atomic mass is 10.2. The van der Waals surface area contributed by atoms with Crippen LogP contribution in [0.25, 0.3) is 0 Å². The molecule has 1 saturated heterocycles. The summed E-state index contributed by atoms with van der Waals surface area (Å²) in [6, 6.07) is 7.78. The Labute approximate surface area is 153 Å².